The second-order valence-corrected chi connectivity index (χ2v) is 4.04. The van der Waals surface area contributed by atoms with Crippen molar-refractivity contribution in [3.8, 4) is 0 Å². The van der Waals surface area contributed by atoms with Crippen molar-refractivity contribution in [1.29, 1.82) is 0 Å². The first kappa shape index (κ1) is 12.0. The lowest BCUT2D eigenvalue weighted by atomic mass is 10.0. The second kappa shape index (κ2) is 5.73. The number of nitrogens with one attached hydrogen (secondary N) is 1. The van der Waals surface area contributed by atoms with Gasteiger partial charge in [-0.05, 0) is 17.5 Å². The lowest BCUT2D eigenvalue weighted by Gasteiger charge is -2.22. The quantitative estimate of drug-likeness (QED) is 0.688. The first-order valence-electron chi connectivity index (χ1n) is 5.34. The number of rotatable bonds is 5. The fourth-order valence-corrected chi connectivity index (χ4v) is 1.46. The summed E-state index contributed by atoms with van der Waals surface area (Å²) < 4.78 is 0. The van der Waals surface area contributed by atoms with E-state index in [1.54, 1.807) is 0 Å². The lowest BCUT2D eigenvalue weighted by Crippen LogP contribution is -2.30. The molecule has 0 aromatic heterocycles. The Kier molecular flexibility index (Phi) is 4.59. The standard InChI is InChI=1S/C12H20N2O/c1-9(2)12(8-15)14-11-6-4-3-5-10(11)7-13/h3-6,9,12,14-15H,7-8,13H2,1-2H3. The van der Waals surface area contributed by atoms with Crippen molar-refractivity contribution in [2.45, 2.75) is 26.4 Å². The number of hydrogen-bond acceptors (Lipinski definition) is 3. The van der Waals surface area contributed by atoms with Crippen molar-refractivity contribution in [2.24, 2.45) is 11.7 Å². The number of benzene rings is 1. The van der Waals surface area contributed by atoms with Gasteiger partial charge in [0.25, 0.3) is 0 Å². The zero-order chi connectivity index (χ0) is 11.3. The minimum atomic E-state index is 0.0812. The molecule has 0 heterocycles. The highest BCUT2D eigenvalue weighted by Crippen LogP contribution is 2.17. The molecule has 3 nitrogen and oxygen atoms in total. The van der Waals surface area contributed by atoms with Crippen LogP contribution in [0, 0.1) is 5.92 Å². The topological polar surface area (TPSA) is 58.3 Å². The van der Waals surface area contributed by atoms with Gasteiger partial charge in [0.15, 0.2) is 0 Å². The summed E-state index contributed by atoms with van der Waals surface area (Å²) in [5.74, 6) is 0.390. The molecule has 0 spiro atoms. The Balaban J connectivity index is 2.78. The zero-order valence-electron chi connectivity index (χ0n) is 9.40. The molecule has 3 heteroatoms. The van der Waals surface area contributed by atoms with E-state index in [9.17, 15) is 5.11 Å². The minimum Gasteiger partial charge on any atom is -0.394 e. The molecule has 1 unspecified atom stereocenters. The Bertz CT molecular complexity index is 299. The molecule has 0 saturated carbocycles. The summed E-state index contributed by atoms with van der Waals surface area (Å²) in [5, 5.41) is 12.5. The van der Waals surface area contributed by atoms with Gasteiger partial charge in [-0.1, -0.05) is 32.0 Å². The molecule has 1 atom stereocenters. The van der Waals surface area contributed by atoms with Crippen LogP contribution in [0.1, 0.15) is 19.4 Å². The summed E-state index contributed by atoms with van der Waals surface area (Å²) >= 11 is 0. The molecular formula is C12H20N2O. The summed E-state index contributed by atoms with van der Waals surface area (Å²) in [4.78, 5) is 0. The molecule has 1 aromatic carbocycles. The van der Waals surface area contributed by atoms with Gasteiger partial charge in [0, 0.05) is 12.2 Å². The normalized spacial score (nSPS) is 12.9. The number of aliphatic hydroxyl groups excluding tert-OH is 1. The SMILES string of the molecule is CC(C)C(CO)Nc1ccccc1CN. The number of para-hydroxylation sites is 1. The molecule has 0 aliphatic carbocycles. The fourth-order valence-electron chi connectivity index (χ4n) is 1.46. The minimum absolute atomic E-state index is 0.0812. The third-order valence-electron chi connectivity index (χ3n) is 2.58. The smallest absolute Gasteiger partial charge is 0.0635 e. The molecule has 0 radical (unpaired) electrons. The van der Waals surface area contributed by atoms with E-state index in [0.717, 1.165) is 11.3 Å². The Morgan fingerprint density at radius 3 is 2.53 bits per heavy atom. The van der Waals surface area contributed by atoms with E-state index in [4.69, 9.17) is 5.73 Å². The third-order valence-corrected chi connectivity index (χ3v) is 2.58. The Morgan fingerprint density at radius 2 is 2.00 bits per heavy atom. The molecule has 84 valence electrons. The highest BCUT2D eigenvalue weighted by Gasteiger charge is 2.12. The van der Waals surface area contributed by atoms with Gasteiger partial charge in [0.2, 0.25) is 0 Å². The van der Waals surface area contributed by atoms with Crippen LogP contribution in [-0.2, 0) is 6.54 Å². The molecular weight excluding hydrogens is 188 g/mol. The van der Waals surface area contributed by atoms with Crippen LogP contribution in [0.4, 0.5) is 5.69 Å². The molecule has 0 bridgehead atoms. The van der Waals surface area contributed by atoms with Gasteiger partial charge in [-0.15, -0.1) is 0 Å². The van der Waals surface area contributed by atoms with Crippen LogP contribution < -0.4 is 11.1 Å². The average molecular weight is 208 g/mol. The molecule has 4 N–H and O–H groups in total. The third kappa shape index (κ3) is 3.22. The molecule has 0 fully saturated rings. The van der Waals surface area contributed by atoms with Crippen molar-refractivity contribution in [1.82, 2.24) is 0 Å². The van der Waals surface area contributed by atoms with Crippen molar-refractivity contribution in [2.75, 3.05) is 11.9 Å². The first-order valence-corrected chi connectivity index (χ1v) is 5.34. The summed E-state index contributed by atoms with van der Waals surface area (Å²) in [5.41, 5.74) is 7.74. The van der Waals surface area contributed by atoms with Crippen LogP contribution in [-0.4, -0.2) is 17.8 Å². The van der Waals surface area contributed by atoms with E-state index < -0.39 is 0 Å². The zero-order valence-corrected chi connectivity index (χ0v) is 9.40. The molecule has 0 saturated heterocycles. The fraction of sp³-hybridized carbons (Fsp3) is 0.500. The Hall–Kier alpha value is -1.06. The predicted molar refractivity (Wildman–Crippen MR) is 63.7 cm³/mol. The summed E-state index contributed by atoms with van der Waals surface area (Å²) in [6.45, 7) is 4.81. The number of hydrogen-bond donors (Lipinski definition) is 3. The van der Waals surface area contributed by atoms with Crippen LogP contribution in [0.3, 0.4) is 0 Å². The van der Waals surface area contributed by atoms with E-state index in [2.05, 4.69) is 19.2 Å². The van der Waals surface area contributed by atoms with Gasteiger partial charge in [0.1, 0.15) is 0 Å². The van der Waals surface area contributed by atoms with E-state index in [-0.39, 0.29) is 12.6 Å². The predicted octanol–water partition coefficient (Wildman–Crippen LogP) is 1.57. The monoisotopic (exact) mass is 208 g/mol. The highest BCUT2D eigenvalue weighted by molar-refractivity contribution is 5.51. The Morgan fingerprint density at radius 1 is 1.33 bits per heavy atom. The van der Waals surface area contributed by atoms with Crippen molar-refractivity contribution in [3.63, 3.8) is 0 Å². The highest BCUT2D eigenvalue weighted by atomic mass is 16.3. The van der Waals surface area contributed by atoms with E-state index >= 15 is 0 Å². The van der Waals surface area contributed by atoms with Crippen LogP contribution in [0.25, 0.3) is 0 Å². The molecule has 0 amide bonds. The van der Waals surface area contributed by atoms with Crippen LogP contribution in [0.15, 0.2) is 24.3 Å². The largest absolute Gasteiger partial charge is 0.394 e. The van der Waals surface area contributed by atoms with Crippen LogP contribution >= 0.6 is 0 Å². The van der Waals surface area contributed by atoms with Gasteiger partial charge in [-0.2, -0.15) is 0 Å². The number of aliphatic hydroxyl groups is 1. The van der Waals surface area contributed by atoms with Crippen molar-refractivity contribution in [3.05, 3.63) is 29.8 Å². The molecule has 1 rings (SSSR count). The number of nitrogens with two attached hydrogens (primary N) is 1. The first-order chi connectivity index (χ1) is 7.19. The average Bonchev–Trinajstić information content (AvgIpc) is 2.25. The van der Waals surface area contributed by atoms with Crippen molar-refractivity contribution >= 4 is 5.69 Å². The maximum Gasteiger partial charge on any atom is 0.0635 e. The van der Waals surface area contributed by atoms with Gasteiger partial charge >= 0.3 is 0 Å². The summed E-state index contributed by atoms with van der Waals surface area (Å²) in [6.07, 6.45) is 0. The van der Waals surface area contributed by atoms with Gasteiger partial charge < -0.3 is 16.2 Å². The van der Waals surface area contributed by atoms with E-state index in [1.807, 2.05) is 24.3 Å². The maximum absolute atomic E-state index is 9.23. The lowest BCUT2D eigenvalue weighted by molar-refractivity contribution is 0.249. The number of anilines is 1. The van der Waals surface area contributed by atoms with Gasteiger partial charge in [0.05, 0.1) is 12.6 Å². The maximum atomic E-state index is 9.23. The Labute approximate surface area is 91.3 Å². The van der Waals surface area contributed by atoms with E-state index in [1.165, 1.54) is 0 Å². The van der Waals surface area contributed by atoms with Crippen LogP contribution in [0.2, 0.25) is 0 Å². The van der Waals surface area contributed by atoms with Gasteiger partial charge in [-0.25, -0.2) is 0 Å². The summed E-state index contributed by atoms with van der Waals surface area (Å²) in [7, 11) is 0. The molecule has 1 aromatic rings. The molecule has 0 aliphatic heterocycles. The van der Waals surface area contributed by atoms with Gasteiger partial charge in [-0.3, -0.25) is 0 Å². The van der Waals surface area contributed by atoms with Crippen molar-refractivity contribution < 1.29 is 5.11 Å². The molecule has 15 heavy (non-hydrogen) atoms. The second-order valence-electron chi connectivity index (χ2n) is 4.04. The molecule has 0 aliphatic rings. The van der Waals surface area contributed by atoms with E-state index in [0.29, 0.717) is 12.5 Å². The summed E-state index contributed by atoms with van der Waals surface area (Å²) in [6, 6.07) is 8.01. The van der Waals surface area contributed by atoms with Crippen LogP contribution in [0.5, 0.6) is 0 Å².